The van der Waals surface area contributed by atoms with Crippen LogP contribution in [0.1, 0.15) is 27.9 Å². The number of nitrogens with one attached hydrogen (secondary N) is 2. The maximum Gasteiger partial charge on any atom is 0.254 e. The van der Waals surface area contributed by atoms with Crippen LogP contribution >= 0.6 is 0 Å². The second kappa shape index (κ2) is 7.72. The summed E-state index contributed by atoms with van der Waals surface area (Å²) in [5.74, 6) is 0.0702. The van der Waals surface area contributed by atoms with E-state index >= 15 is 0 Å². The second-order valence-electron chi connectivity index (χ2n) is 7.04. The number of carbonyl (C=O) groups is 2. The Hall–Kier alpha value is -3.34. The van der Waals surface area contributed by atoms with Crippen LogP contribution < -0.4 is 15.4 Å². The molecular formula is C23H22N2O3. The highest BCUT2D eigenvalue weighted by Gasteiger charge is 2.28. The Morgan fingerprint density at radius 2 is 1.86 bits per heavy atom. The lowest BCUT2D eigenvalue weighted by Gasteiger charge is -2.15. The van der Waals surface area contributed by atoms with E-state index in [0.29, 0.717) is 23.4 Å². The molecule has 2 aromatic rings. The Labute approximate surface area is 164 Å². The third kappa shape index (κ3) is 3.83. The summed E-state index contributed by atoms with van der Waals surface area (Å²) in [5.41, 5.74) is 4.47. The molecule has 2 N–H and O–H groups in total. The largest absolute Gasteiger partial charge is 0.497 e. The van der Waals surface area contributed by atoms with E-state index in [0.717, 1.165) is 18.4 Å². The van der Waals surface area contributed by atoms with E-state index < -0.39 is 6.04 Å². The van der Waals surface area contributed by atoms with Gasteiger partial charge in [0.05, 0.1) is 18.4 Å². The van der Waals surface area contributed by atoms with Gasteiger partial charge in [-0.05, 0) is 47.7 Å². The van der Waals surface area contributed by atoms with Crippen LogP contribution in [-0.2, 0) is 17.6 Å². The van der Waals surface area contributed by atoms with Crippen LogP contribution in [0.25, 0.3) is 0 Å². The maximum atomic E-state index is 12.6. The van der Waals surface area contributed by atoms with Crippen molar-refractivity contribution < 1.29 is 14.3 Å². The first-order chi connectivity index (χ1) is 13.6. The number of allylic oxidation sites excluding steroid dienone is 4. The van der Waals surface area contributed by atoms with Crippen molar-refractivity contribution in [2.45, 2.75) is 25.3 Å². The molecule has 0 bridgehead atoms. The average Bonchev–Trinajstić information content (AvgIpc) is 3.18. The number of rotatable bonds is 5. The maximum absolute atomic E-state index is 12.6. The first-order valence-corrected chi connectivity index (χ1v) is 9.35. The Bertz CT molecular complexity index is 974. The molecule has 0 aromatic heterocycles. The number of methoxy groups -OCH3 is 1. The van der Waals surface area contributed by atoms with E-state index in [1.54, 1.807) is 25.3 Å². The molecule has 1 heterocycles. The number of fused-ring (bicyclic) bond motifs is 1. The molecule has 1 aliphatic carbocycles. The fraction of sp³-hybridized carbons (Fsp3) is 0.217. The first kappa shape index (κ1) is 18.0. The Morgan fingerprint density at radius 3 is 2.57 bits per heavy atom. The third-order valence-corrected chi connectivity index (χ3v) is 5.07. The summed E-state index contributed by atoms with van der Waals surface area (Å²) < 4.78 is 5.18. The Morgan fingerprint density at radius 1 is 1.07 bits per heavy atom. The topological polar surface area (TPSA) is 67.4 Å². The lowest BCUT2D eigenvalue weighted by Crippen LogP contribution is -2.42. The van der Waals surface area contributed by atoms with Crippen molar-refractivity contribution in [2.75, 3.05) is 12.4 Å². The SMILES string of the molecule is COc1ccc2c(c1)C(=O)NC(Cc1ccc(CC3=CCC=C3)cc1)C(=O)N2. The van der Waals surface area contributed by atoms with Gasteiger partial charge in [-0.15, -0.1) is 0 Å². The number of anilines is 1. The highest BCUT2D eigenvalue weighted by atomic mass is 16.5. The average molecular weight is 374 g/mol. The van der Waals surface area contributed by atoms with Gasteiger partial charge in [-0.25, -0.2) is 0 Å². The molecule has 0 fully saturated rings. The minimum Gasteiger partial charge on any atom is -0.497 e. The number of benzene rings is 2. The highest BCUT2D eigenvalue weighted by molar-refractivity contribution is 6.10. The molecule has 28 heavy (non-hydrogen) atoms. The summed E-state index contributed by atoms with van der Waals surface area (Å²) >= 11 is 0. The zero-order valence-electron chi connectivity index (χ0n) is 15.7. The van der Waals surface area contributed by atoms with Gasteiger partial charge < -0.3 is 15.4 Å². The first-order valence-electron chi connectivity index (χ1n) is 9.35. The molecule has 1 unspecified atom stereocenters. The van der Waals surface area contributed by atoms with Crippen molar-refractivity contribution in [1.29, 1.82) is 0 Å². The molecule has 0 spiro atoms. The van der Waals surface area contributed by atoms with E-state index in [4.69, 9.17) is 4.74 Å². The van der Waals surface area contributed by atoms with Crippen molar-refractivity contribution in [2.24, 2.45) is 0 Å². The molecule has 2 amide bonds. The molecule has 2 aromatic carbocycles. The van der Waals surface area contributed by atoms with E-state index in [2.05, 4.69) is 41.0 Å². The van der Waals surface area contributed by atoms with E-state index in [1.165, 1.54) is 11.1 Å². The molecular weight excluding hydrogens is 352 g/mol. The van der Waals surface area contributed by atoms with Crippen LogP contribution in [0.15, 0.2) is 66.3 Å². The fourth-order valence-electron chi connectivity index (χ4n) is 3.51. The summed E-state index contributed by atoms with van der Waals surface area (Å²) in [6, 6.07) is 12.6. The number of ether oxygens (including phenoxy) is 1. The van der Waals surface area contributed by atoms with E-state index in [-0.39, 0.29) is 11.8 Å². The van der Waals surface area contributed by atoms with Crippen LogP contribution in [0.4, 0.5) is 5.69 Å². The summed E-state index contributed by atoms with van der Waals surface area (Å²) in [5, 5.41) is 5.67. The minimum atomic E-state index is -0.628. The highest BCUT2D eigenvalue weighted by Crippen LogP contribution is 2.25. The predicted molar refractivity (Wildman–Crippen MR) is 109 cm³/mol. The van der Waals surface area contributed by atoms with E-state index in [9.17, 15) is 9.59 Å². The number of carbonyl (C=O) groups excluding carboxylic acids is 2. The standard InChI is InChI=1S/C23H22N2O3/c1-28-18-10-11-20-19(14-18)22(26)25-21(23(27)24-20)13-17-8-6-16(7-9-17)12-15-4-2-3-5-15/h2,4-11,14,21H,3,12-13H2,1H3,(H,24,27)(H,25,26). The van der Waals surface area contributed by atoms with Gasteiger partial charge in [-0.1, -0.05) is 42.5 Å². The van der Waals surface area contributed by atoms with Gasteiger partial charge >= 0.3 is 0 Å². The Kier molecular flexibility index (Phi) is 4.98. The Balaban J connectivity index is 1.47. The van der Waals surface area contributed by atoms with Crippen molar-refractivity contribution in [1.82, 2.24) is 5.32 Å². The van der Waals surface area contributed by atoms with Crippen LogP contribution in [0.3, 0.4) is 0 Å². The minimum absolute atomic E-state index is 0.220. The summed E-state index contributed by atoms with van der Waals surface area (Å²) in [7, 11) is 1.54. The fourth-order valence-corrected chi connectivity index (χ4v) is 3.51. The zero-order chi connectivity index (χ0) is 19.5. The van der Waals surface area contributed by atoms with Crippen molar-refractivity contribution >= 4 is 17.5 Å². The van der Waals surface area contributed by atoms with Gasteiger partial charge in [-0.3, -0.25) is 9.59 Å². The number of amides is 2. The molecule has 142 valence electrons. The molecule has 1 aliphatic heterocycles. The lowest BCUT2D eigenvalue weighted by atomic mass is 10.0. The van der Waals surface area contributed by atoms with Crippen LogP contribution in [0, 0.1) is 0 Å². The quantitative estimate of drug-likeness (QED) is 0.843. The van der Waals surface area contributed by atoms with Crippen LogP contribution in [-0.4, -0.2) is 25.0 Å². The van der Waals surface area contributed by atoms with Crippen molar-refractivity contribution in [3.63, 3.8) is 0 Å². The zero-order valence-corrected chi connectivity index (χ0v) is 15.7. The molecule has 0 radical (unpaired) electrons. The molecule has 1 atom stereocenters. The smallest absolute Gasteiger partial charge is 0.254 e. The third-order valence-electron chi connectivity index (χ3n) is 5.07. The normalized spacial score (nSPS) is 18.0. The van der Waals surface area contributed by atoms with Gasteiger partial charge in [0.1, 0.15) is 11.8 Å². The van der Waals surface area contributed by atoms with Gasteiger partial charge in [0.25, 0.3) is 5.91 Å². The molecule has 4 rings (SSSR count). The summed E-state index contributed by atoms with van der Waals surface area (Å²) in [4.78, 5) is 25.2. The summed E-state index contributed by atoms with van der Waals surface area (Å²) in [6.07, 6.45) is 8.90. The van der Waals surface area contributed by atoms with E-state index in [1.807, 2.05) is 12.1 Å². The number of hydrogen-bond donors (Lipinski definition) is 2. The van der Waals surface area contributed by atoms with Crippen molar-refractivity contribution in [3.05, 3.63) is 83.0 Å². The molecule has 5 nitrogen and oxygen atoms in total. The molecule has 0 saturated carbocycles. The van der Waals surface area contributed by atoms with Gasteiger partial charge in [0.2, 0.25) is 5.91 Å². The molecule has 0 saturated heterocycles. The lowest BCUT2D eigenvalue weighted by molar-refractivity contribution is -0.117. The van der Waals surface area contributed by atoms with Gasteiger partial charge in [0.15, 0.2) is 0 Å². The van der Waals surface area contributed by atoms with Crippen LogP contribution in [0.2, 0.25) is 0 Å². The van der Waals surface area contributed by atoms with Crippen molar-refractivity contribution in [3.8, 4) is 5.75 Å². The molecule has 2 aliphatic rings. The van der Waals surface area contributed by atoms with Gasteiger partial charge in [-0.2, -0.15) is 0 Å². The summed E-state index contributed by atoms with van der Waals surface area (Å²) in [6.45, 7) is 0. The van der Waals surface area contributed by atoms with Crippen LogP contribution in [0.5, 0.6) is 5.75 Å². The monoisotopic (exact) mass is 374 g/mol. The number of hydrogen-bond acceptors (Lipinski definition) is 3. The predicted octanol–water partition coefficient (Wildman–Crippen LogP) is 3.42. The van der Waals surface area contributed by atoms with Gasteiger partial charge in [0, 0.05) is 6.42 Å². The molecule has 5 heteroatoms. The second-order valence-corrected chi connectivity index (χ2v) is 7.04.